The van der Waals surface area contributed by atoms with E-state index >= 15 is 0 Å². The van der Waals surface area contributed by atoms with Crippen LogP contribution in [0.4, 0.5) is 10.5 Å². The first-order valence-electron chi connectivity index (χ1n) is 10.0. The van der Waals surface area contributed by atoms with Crippen LogP contribution < -0.4 is 15.0 Å². The van der Waals surface area contributed by atoms with Gasteiger partial charge in [0.2, 0.25) is 0 Å². The molecule has 1 aliphatic rings. The predicted octanol–water partition coefficient (Wildman–Crippen LogP) is 2.87. The van der Waals surface area contributed by atoms with E-state index in [1.807, 2.05) is 48.2 Å². The Bertz CT molecular complexity index is 948. The van der Waals surface area contributed by atoms with Gasteiger partial charge in [0, 0.05) is 31.9 Å². The van der Waals surface area contributed by atoms with Crippen LogP contribution in [0.2, 0.25) is 0 Å². The smallest absolute Gasteiger partial charge is 0.317 e. The van der Waals surface area contributed by atoms with Crippen molar-refractivity contribution in [2.24, 2.45) is 0 Å². The second-order valence-corrected chi connectivity index (χ2v) is 7.27. The van der Waals surface area contributed by atoms with Crippen LogP contribution in [0, 0.1) is 0 Å². The Kier molecular flexibility index (Phi) is 5.83. The second-order valence-electron chi connectivity index (χ2n) is 7.27. The predicted molar refractivity (Wildman–Crippen MR) is 115 cm³/mol. The zero-order valence-electron chi connectivity index (χ0n) is 17.2. The third kappa shape index (κ3) is 4.37. The van der Waals surface area contributed by atoms with Gasteiger partial charge in [-0.05, 0) is 48.9 Å². The van der Waals surface area contributed by atoms with Gasteiger partial charge in [-0.1, -0.05) is 12.1 Å². The van der Waals surface area contributed by atoms with E-state index in [-0.39, 0.29) is 12.1 Å². The molecule has 2 amide bonds. The summed E-state index contributed by atoms with van der Waals surface area (Å²) in [6.07, 6.45) is 3.16. The number of hydrogen-bond acceptors (Lipinski definition) is 5. The molecule has 0 bridgehead atoms. The van der Waals surface area contributed by atoms with Crippen molar-refractivity contribution in [1.82, 2.24) is 25.0 Å². The van der Waals surface area contributed by atoms with Crippen LogP contribution in [0.3, 0.4) is 0 Å². The summed E-state index contributed by atoms with van der Waals surface area (Å²) in [6.45, 7) is 4.99. The lowest BCUT2D eigenvalue weighted by atomic mass is 10.1. The van der Waals surface area contributed by atoms with Crippen molar-refractivity contribution in [3.63, 3.8) is 0 Å². The molecule has 1 fully saturated rings. The number of rotatable bonds is 5. The van der Waals surface area contributed by atoms with Crippen molar-refractivity contribution in [2.75, 3.05) is 38.2 Å². The maximum absolute atomic E-state index is 12.7. The fraction of sp³-hybridized carbons (Fsp3) is 0.318. The van der Waals surface area contributed by atoms with Gasteiger partial charge in [0.1, 0.15) is 18.4 Å². The SMILES string of the molecule is COc1ccc(N2CCN(C(=O)N[C@H](C)c3ccc(-n4cncn4)cc3)CC2)cc1. The van der Waals surface area contributed by atoms with Gasteiger partial charge in [-0.15, -0.1) is 0 Å². The summed E-state index contributed by atoms with van der Waals surface area (Å²) < 4.78 is 6.92. The minimum atomic E-state index is -0.0816. The molecule has 1 N–H and O–H groups in total. The molecule has 0 unspecified atom stereocenters. The summed E-state index contributed by atoms with van der Waals surface area (Å²) in [5.74, 6) is 0.847. The summed E-state index contributed by atoms with van der Waals surface area (Å²) in [5, 5.41) is 7.23. The van der Waals surface area contributed by atoms with Gasteiger partial charge in [0.25, 0.3) is 0 Å². The molecule has 1 atom stereocenters. The molecular weight excluding hydrogens is 380 g/mol. The number of carbonyl (C=O) groups is 1. The van der Waals surface area contributed by atoms with Gasteiger partial charge < -0.3 is 19.9 Å². The number of anilines is 1. The molecule has 8 heteroatoms. The Labute approximate surface area is 176 Å². The maximum Gasteiger partial charge on any atom is 0.317 e. The molecule has 4 rings (SSSR count). The molecule has 156 valence electrons. The van der Waals surface area contributed by atoms with Gasteiger partial charge in [-0.25, -0.2) is 14.5 Å². The normalized spacial score (nSPS) is 15.0. The van der Waals surface area contributed by atoms with E-state index in [4.69, 9.17) is 4.74 Å². The fourth-order valence-electron chi connectivity index (χ4n) is 3.58. The Morgan fingerprint density at radius 2 is 1.67 bits per heavy atom. The first-order chi connectivity index (χ1) is 14.6. The van der Waals surface area contributed by atoms with Crippen molar-refractivity contribution in [3.05, 3.63) is 66.7 Å². The molecule has 8 nitrogen and oxygen atoms in total. The van der Waals surface area contributed by atoms with Crippen LogP contribution >= 0.6 is 0 Å². The summed E-state index contributed by atoms with van der Waals surface area (Å²) in [5.41, 5.74) is 3.13. The topological polar surface area (TPSA) is 75.5 Å². The molecule has 1 saturated heterocycles. The number of benzene rings is 2. The summed E-state index contributed by atoms with van der Waals surface area (Å²) in [7, 11) is 1.67. The number of piperazine rings is 1. The van der Waals surface area contributed by atoms with Gasteiger partial charge >= 0.3 is 6.03 Å². The summed E-state index contributed by atoms with van der Waals surface area (Å²) >= 11 is 0. The van der Waals surface area contributed by atoms with Crippen LogP contribution in [0.1, 0.15) is 18.5 Å². The molecule has 0 radical (unpaired) electrons. The second kappa shape index (κ2) is 8.86. The lowest BCUT2D eigenvalue weighted by molar-refractivity contribution is 0.191. The minimum absolute atomic E-state index is 0.0303. The van der Waals surface area contributed by atoms with Gasteiger partial charge in [0.15, 0.2) is 0 Å². The average molecular weight is 406 g/mol. The molecule has 0 aliphatic carbocycles. The van der Waals surface area contributed by atoms with Crippen LogP contribution in [0.15, 0.2) is 61.2 Å². The third-order valence-corrected chi connectivity index (χ3v) is 5.42. The van der Waals surface area contributed by atoms with Crippen LogP contribution in [-0.2, 0) is 0 Å². The van der Waals surface area contributed by atoms with Crippen molar-refractivity contribution in [3.8, 4) is 11.4 Å². The Balaban J connectivity index is 1.29. The van der Waals surface area contributed by atoms with E-state index in [2.05, 4.69) is 32.4 Å². The number of nitrogens with zero attached hydrogens (tertiary/aromatic N) is 5. The van der Waals surface area contributed by atoms with Gasteiger partial charge in [-0.3, -0.25) is 0 Å². The van der Waals surface area contributed by atoms with E-state index in [0.717, 1.165) is 35.8 Å². The molecule has 1 aromatic heterocycles. The fourth-order valence-corrected chi connectivity index (χ4v) is 3.58. The lowest BCUT2D eigenvalue weighted by Gasteiger charge is -2.36. The number of methoxy groups -OCH3 is 1. The summed E-state index contributed by atoms with van der Waals surface area (Å²) in [4.78, 5) is 20.8. The largest absolute Gasteiger partial charge is 0.497 e. The first kappa shape index (κ1) is 19.8. The molecule has 30 heavy (non-hydrogen) atoms. The Hall–Kier alpha value is -3.55. The first-order valence-corrected chi connectivity index (χ1v) is 10.0. The maximum atomic E-state index is 12.7. The van der Waals surface area contributed by atoms with E-state index in [1.165, 1.54) is 6.33 Å². The quantitative estimate of drug-likeness (QED) is 0.705. The molecule has 2 aromatic carbocycles. The highest BCUT2D eigenvalue weighted by atomic mass is 16.5. The molecule has 0 saturated carbocycles. The monoisotopic (exact) mass is 406 g/mol. The summed E-state index contributed by atoms with van der Waals surface area (Å²) in [6, 6.07) is 15.9. The number of aromatic nitrogens is 3. The van der Waals surface area contributed by atoms with E-state index < -0.39 is 0 Å². The standard InChI is InChI=1S/C22H26N6O2/c1-17(18-3-5-20(6-4-18)28-16-23-15-24-28)25-22(29)27-13-11-26(12-14-27)19-7-9-21(30-2)10-8-19/h3-10,15-17H,11-14H2,1-2H3,(H,25,29)/t17-/m1/s1. The highest BCUT2D eigenvalue weighted by molar-refractivity contribution is 5.75. The van der Waals surface area contributed by atoms with Crippen molar-refractivity contribution >= 4 is 11.7 Å². The number of ether oxygens (including phenoxy) is 1. The molecule has 3 aromatic rings. The number of urea groups is 1. The lowest BCUT2D eigenvalue weighted by Crippen LogP contribution is -2.52. The highest BCUT2D eigenvalue weighted by Crippen LogP contribution is 2.21. The van der Waals surface area contributed by atoms with Crippen LogP contribution in [0.5, 0.6) is 5.75 Å². The average Bonchev–Trinajstić information content (AvgIpc) is 3.34. The van der Waals surface area contributed by atoms with Gasteiger partial charge in [0.05, 0.1) is 18.8 Å². The Morgan fingerprint density at radius 1 is 1.00 bits per heavy atom. The number of hydrogen-bond donors (Lipinski definition) is 1. The van der Waals surface area contributed by atoms with Crippen LogP contribution in [-0.4, -0.2) is 59.0 Å². The van der Waals surface area contributed by atoms with Crippen molar-refractivity contribution in [2.45, 2.75) is 13.0 Å². The third-order valence-electron chi connectivity index (χ3n) is 5.42. The van der Waals surface area contributed by atoms with Crippen molar-refractivity contribution in [1.29, 1.82) is 0 Å². The van der Waals surface area contributed by atoms with Crippen LogP contribution in [0.25, 0.3) is 5.69 Å². The molecule has 1 aliphatic heterocycles. The minimum Gasteiger partial charge on any atom is -0.497 e. The number of amides is 2. The van der Waals surface area contributed by atoms with E-state index in [0.29, 0.717) is 13.1 Å². The zero-order valence-corrected chi connectivity index (χ0v) is 17.2. The van der Waals surface area contributed by atoms with Gasteiger partial charge in [-0.2, -0.15) is 5.10 Å². The number of nitrogens with one attached hydrogen (secondary N) is 1. The molecular formula is C22H26N6O2. The highest BCUT2D eigenvalue weighted by Gasteiger charge is 2.22. The Morgan fingerprint density at radius 3 is 2.27 bits per heavy atom. The number of carbonyl (C=O) groups excluding carboxylic acids is 1. The zero-order chi connectivity index (χ0) is 20.9. The van der Waals surface area contributed by atoms with E-state index in [1.54, 1.807) is 18.1 Å². The van der Waals surface area contributed by atoms with Crippen molar-refractivity contribution < 1.29 is 9.53 Å². The molecule has 2 heterocycles. The molecule has 0 spiro atoms. The van der Waals surface area contributed by atoms with E-state index in [9.17, 15) is 4.79 Å².